The van der Waals surface area contributed by atoms with Gasteiger partial charge in [0.05, 0.1) is 6.42 Å². The number of benzene rings is 1. The smallest absolute Gasteiger partial charge is 0.328 e. The molecule has 0 saturated heterocycles. The number of hydrogen-bond acceptors (Lipinski definition) is 4. The molecule has 0 amide bonds. The highest BCUT2D eigenvalue weighted by molar-refractivity contribution is 6.31. The summed E-state index contributed by atoms with van der Waals surface area (Å²) in [6.07, 6.45) is 2.06. The molecule has 0 bridgehead atoms. The first-order valence-corrected chi connectivity index (χ1v) is 5.60. The summed E-state index contributed by atoms with van der Waals surface area (Å²) in [6.45, 7) is 0. The fraction of sp³-hybridized carbons (Fsp3) is 0.0833. The van der Waals surface area contributed by atoms with E-state index in [0.29, 0.717) is 0 Å². The molecule has 98 valence electrons. The van der Waals surface area contributed by atoms with Crippen LogP contribution in [0.15, 0.2) is 28.7 Å². The predicted molar refractivity (Wildman–Crippen MR) is 65.2 cm³/mol. The minimum Gasteiger partial charge on any atom is -0.478 e. The Hall–Kier alpha value is -2.21. The molecule has 2 rings (SSSR count). The van der Waals surface area contributed by atoms with Gasteiger partial charge < -0.3 is 9.52 Å². The van der Waals surface area contributed by atoms with Gasteiger partial charge in [-0.3, -0.25) is 0 Å². The number of aliphatic carboxylic acids is 1. The van der Waals surface area contributed by atoms with Crippen LogP contribution in [0.2, 0.25) is 5.02 Å². The van der Waals surface area contributed by atoms with Gasteiger partial charge in [0, 0.05) is 22.7 Å². The van der Waals surface area contributed by atoms with Crippen molar-refractivity contribution in [2.24, 2.45) is 0 Å². The van der Waals surface area contributed by atoms with Crippen LogP contribution >= 0.6 is 11.6 Å². The summed E-state index contributed by atoms with van der Waals surface area (Å²) in [6, 6.07) is 4.33. The molecule has 5 nitrogen and oxygen atoms in total. The Bertz CT molecular complexity index is 619. The normalized spacial score (nSPS) is 11.1. The van der Waals surface area contributed by atoms with E-state index >= 15 is 0 Å². The molecule has 0 spiro atoms. The van der Waals surface area contributed by atoms with E-state index in [1.165, 1.54) is 12.1 Å². The highest BCUT2D eigenvalue weighted by atomic mass is 35.5. The van der Waals surface area contributed by atoms with Crippen LogP contribution in [0.25, 0.3) is 6.08 Å². The van der Waals surface area contributed by atoms with Gasteiger partial charge in [-0.15, -0.1) is 10.2 Å². The Balaban J connectivity index is 2.18. The fourth-order valence-electron chi connectivity index (χ4n) is 1.40. The summed E-state index contributed by atoms with van der Waals surface area (Å²) in [5.74, 6) is -1.41. The third-order valence-corrected chi connectivity index (χ3v) is 2.59. The van der Waals surface area contributed by atoms with Crippen LogP contribution in [0.3, 0.4) is 0 Å². The monoisotopic (exact) mass is 282 g/mol. The van der Waals surface area contributed by atoms with E-state index in [9.17, 15) is 9.18 Å². The van der Waals surface area contributed by atoms with Crippen LogP contribution in [0, 0.1) is 5.82 Å². The zero-order chi connectivity index (χ0) is 13.8. The molecule has 7 heteroatoms. The van der Waals surface area contributed by atoms with Crippen LogP contribution in [-0.4, -0.2) is 21.3 Å². The second kappa shape index (κ2) is 5.62. The summed E-state index contributed by atoms with van der Waals surface area (Å²) in [5.41, 5.74) is 0.251. The largest absolute Gasteiger partial charge is 0.478 e. The highest BCUT2D eigenvalue weighted by Crippen LogP contribution is 2.21. The molecule has 0 saturated carbocycles. The van der Waals surface area contributed by atoms with Crippen LogP contribution < -0.4 is 0 Å². The van der Waals surface area contributed by atoms with Gasteiger partial charge in [0.25, 0.3) is 0 Å². The Morgan fingerprint density at radius 3 is 2.95 bits per heavy atom. The van der Waals surface area contributed by atoms with Crippen LogP contribution in [0.4, 0.5) is 4.39 Å². The van der Waals surface area contributed by atoms with Gasteiger partial charge in [-0.2, -0.15) is 0 Å². The number of carboxylic acids is 1. The lowest BCUT2D eigenvalue weighted by Crippen LogP contribution is -1.94. The molecule has 0 aliphatic rings. The summed E-state index contributed by atoms with van der Waals surface area (Å²) in [7, 11) is 0. The van der Waals surface area contributed by atoms with Gasteiger partial charge in [0.15, 0.2) is 0 Å². The maximum absolute atomic E-state index is 13.5. The molecule has 1 aromatic carbocycles. The maximum atomic E-state index is 13.5. The molecular formula is C12H8ClFN2O3. The average Bonchev–Trinajstić information content (AvgIpc) is 2.79. The van der Waals surface area contributed by atoms with Crippen molar-refractivity contribution in [1.82, 2.24) is 10.2 Å². The van der Waals surface area contributed by atoms with Gasteiger partial charge in [0.1, 0.15) is 5.82 Å². The zero-order valence-corrected chi connectivity index (χ0v) is 10.3. The molecule has 0 aliphatic heterocycles. The van der Waals surface area contributed by atoms with Crippen molar-refractivity contribution in [2.75, 3.05) is 0 Å². The number of carboxylic acid groups (broad SMARTS) is 1. The van der Waals surface area contributed by atoms with Crippen LogP contribution in [0.1, 0.15) is 17.3 Å². The summed E-state index contributed by atoms with van der Waals surface area (Å²) in [4.78, 5) is 10.3. The van der Waals surface area contributed by atoms with E-state index in [-0.39, 0.29) is 28.8 Å². The molecule has 0 atom stereocenters. The number of nitrogens with zero attached hydrogens (tertiary/aromatic N) is 2. The van der Waals surface area contributed by atoms with Gasteiger partial charge in [-0.1, -0.05) is 17.7 Å². The third-order valence-electron chi connectivity index (χ3n) is 2.24. The standard InChI is InChI=1S/C12H8ClFN2O3/c13-8-2-1-3-9(14)7(8)6-11-16-15-10(19-11)4-5-12(17)18/h1-5H,6H2,(H,17,18)/b5-4+. The summed E-state index contributed by atoms with van der Waals surface area (Å²) in [5, 5.41) is 16.0. The lowest BCUT2D eigenvalue weighted by atomic mass is 10.1. The Labute approximate surface area is 112 Å². The minimum atomic E-state index is -1.13. The first-order valence-electron chi connectivity index (χ1n) is 5.22. The van der Waals surface area contributed by atoms with Crippen LogP contribution in [0.5, 0.6) is 0 Å². The van der Waals surface area contributed by atoms with Crippen molar-refractivity contribution < 1.29 is 18.7 Å². The van der Waals surface area contributed by atoms with Gasteiger partial charge in [0.2, 0.25) is 11.8 Å². The molecule has 2 aromatic rings. The van der Waals surface area contributed by atoms with E-state index in [2.05, 4.69) is 10.2 Å². The summed E-state index contributed by atoms with van der Waals surface area (Å²) < 4.78 is 18.7. The third kappa shape index (κ3) is 3.38. The average molecular weight is 283 g/mol. The number of rotatable bonds is 4. The number of halogens is 2. The second-order valence-electron chi connectivity index (χ2n) is 3.58. The van der Waals surface area contributed by atoms with E-state index in [1.54, 1.807) is 6.07 Å². The quantitative estimate of drug-likeness (QED) is 0.872. The Morgan fingerprint density at radius 2 is 2.26 bits per heavy atom. The molecule has 0 fully saturated rings. The molecule has 1 aromatic heterocycles. The molecule has 0 radical (unpaired) electrons. The number of hydrogen-bond donors (Lipinski definition) is 1. The fourth-order valence-corrected chi connectivity index (χ4v) is 1.63. The van der Waals surface area contributed by atoms with E-state index < -0.39 is 11.8 Å². The van der Waals surface area contributed by atoms with Crippen LogP contribution in [-0.2, 0) is 11.2 Å². The lowest BCUT2D eigenvalue weighted by molar-refractivity contribution is -0.131. The highest BCUT2D eigenvalue weighted by Gasteiger charge is 2.12. The zero-order valence-electron chi connectivity index (χ0n) is 9.51. The molecule has 1 heterocycles. The van der Waals surface area contributed by atoms with Crippen molar-refractivity contribution in [3.05, 3.63) is 52.5 Å². The maximum Gasteiger partial charge on any atom is 0.328 e. The predicted octanol–water partition coefficient (Wildman–Crippen LogP) is 2.55. The SMILES string of the molecule is O=C(O)/C=C/c1nnc(Cc2c(F)cccc2Cl)o1. The molecule has 19 heavy (non-hydrogen) atoms. The molecule has 0 unspecified atom stereocenters. The van der Waals surface area contributed by atoms with E-state index in [4.69, 9.17) is 21.1 Å². The lowest BCUT2D eigenvalue weighted by Gasteiger charge is -2.01. The first-order chi connectivity index (χ1) is 9.06. The van der Waals surface area contributed by atoms with Crippen molar-refractivity contribution in [2.45, 2.75) is 6.42 Å². The topological polar surface area (TPSA) is 76.2 Å². The number of aromatic nitrogens is 2. The van der Waals surface area contributed by atoms with E-state index in [0.717, 1.165) is 12.2 Å². The molecule has 1 N–H and O–H groups in total. The molecular weight excluding hydrogens is 275 g/mol. The van der Waals surface area contributed by atoms with Crippen molar-refractivity contribution in [1.29, 1.82) is 0 Å². The van der Waals surface area contributed by atoms with Gasteiger partial charge in [-0.25, -0.2) is 9.18 Å². The second-order valence-corrected chi connectivity index (χ2v) is 3.99. The van der Waals surface area contributed by atoms with Crippen molar-refractivity contribution >= 4 is 23.6 Å². The summed E-state index contributed by atoms with van der Waals surface area (Å²) >= 11 is 5.87. The number of carbonyl (C=O) groups is 1. The Morgan fingerprint density at radius 1 is 1.47 bits per heavy atom. The first kappa shape index (κ1) is 13.2. The van der Waals surface area contributed by atoms with E-state index in [1.807, 2.05) is 0 Å². The Kier molecular flexibility index (Phi) is 3.91. The molecule has 0 aliphatic carbocycles. The van der Waals surface area contributed by atoms with Crippen molar-refractivity contribution in [3.8, 4) is 0 Å². The van der Waals surface area contributed by atoms with Gasteiger partial charge >= 0.3 is 5.97 Å². The van der Waals surface area contributed by atoms with Gasteiger partial charge in [-0.05, 0) is 12.1 Å². The minimum absolute atomic E-state index is 0.0323. The van der Waals surface area contributed by atoms with Crippen molar-refractivity contribution in [3.63, 3.8) is 0 Å².